The fourth-order valence-electron chi connectivity index (χ4n) is 4.25. The Balaban J connectivity index is 1.24. The number of amides is 3. The number of aliphatic hydroxyl groups is 1. The number of aryl methyl sites for hydroxylation is 2. The topological polar surface area (TPSA) is 180 Å². The molecule has 0 bridgehead atoms. The van der Waals surface area contributed by atoms with Crippen molar-refractivity contribution in [3.8, 4) is 0 Å². The lowest BCUT2D eigenvalue weighted by Crippen LogP contribution is -2.51. The summed E-state index contributed by atoms with van der Waals surface area (Å²) in [7, 11) is 0. The van der Waals surface area contributed by atoms with Crippen molar-refractivity contribution in [2.75, 3.05) is 29.1 Å². The molecule has 41 heavy (non-hydrogen) atoms. The lowest BCUT2D eigenvalue weighted by Gasteiger charge is -2.20. The Morgan fingerprint density at radius 3 is 2.37 bits per heavy atom. The maximum atomic E-state index is 12.6. The molecule has 4 rings (SSSR count). The van der Waals surface area contributed by atoms with Crippen LogP contribution in [0.25, 0.3) is 0 Å². The molecule has 3 aromatic rings. The van der Waals surface area contributed by atoms with Gasteiger partial charge in [-0.2, -0.15) is 4.98 Å². The van der Waals surface area contributed by atoms with Gasteiger partial charge in [0.25, 0.3) is 5.91 Å². The van der Waals surface area contributed by atoms with E-state index >= 15 is 0 Å². The van der Waals surface area contributed by atoms with Crippen LogP contribution in [0.2, 0.25) is 0 Å². The number of aliphatic hydroxyl groups excluding tert-OH is 1. The molecule has 0 spiro atoms. The van der Waals surface area contributed by atoms with E-state index in [4.69, 9.17) is 5.73 Å². The molecule has 3 amide bonds. The predicted molar refractivity (Wildman–Crippen MR) is 156 cm³/mol. The van der Waals surface area contributed by atoms with Crippen LogP contribution in [0.5, 0.6) is 0 Å². The van der Waals surface area contributed by atoms with Crippen molar-refractivity contribution in [3.05, 3.63) is 82.4 Å². The minimum Gasteiger partial charge on any atom is -0.394 e. The quantitative estimate of drug-likeness (QED) is 0.204. The standard InChI is InChI=1S/C29H35N7O5/c1-29(30,18-37)27(40)33-22-12-8-20(9-13-22)25(38)34-24-14-17-36(28(41)35-24)16-3-4-19-6-10-21(11-7-19)32-26(39)23-5-2-15-31-23/h6-14,17,23,31,37H,2-5,15-16,18,30H2,1H3,(H,32,39)(H,33,40)(H,34,35,38,41). The van der Waals surface area contributed by atoms with E-state index in [2.05, 4.69) is 26.3 Å². The van der Waals surface area contributed by atoms with E-state index in [1.54, 1.807) is 12.3 Å². The molecule has 2 aromatic carbocycles. The Bertz CT molecular complexity index is 1430. The van der Waals surface area contributed by atoms with Gasteiger partial charge >= 0.3 is 5.69 Å². The molecule has 0 saturated carbocycles. The smallest absolute Gasteiger partial charge is 0.349 e. The summed E-state index contributed by atoms with van der Waals surface area (Å²) in [6.07, 6.45) is 4.89. The number of rotatable bonds is 11. The average Bonchev–Trinajstić information content (AvgIpc) is 3.51. The normalized spacial score (nSPS) is 16.0. The second-order valence-corrected chi connectivity index (χ2v) is 10.3. The zero-order valence-electron chi connectivity index (χ0n) is 22.9. The number of hydrogen-bond donors (Lipinski definition) is 6. The summed E-state index contributed by atoms with van der Waals surface area (Å²) in [5.74, 6) is -0.913. The molecule has 12 nitrogen and oxygen atoms in total. The van der Waals surface area contributed by atoms with Crippen LogP contribution in [0.4, 0.5) is 17.2 Å². The molecule has 1 aromatic heterocycles. The second-order valence-electron chi connectivity index (χ2n) is 10.3. The summed E-state index contributed by atoms with van der Waals surface area (Å²) in [6.45, 7) is 2.22. The van der Waals surface area contributed by atoms with E-state index in [-0.39, 0.29) is 17.8 Å². The molecule has 7 N–H and O–H groups in total. The number of carbonyl (C=O) groups is 3. The first kappa shape index (κ1) is 29.6. The number of hydrogen-bond acceptors (Lipinski definition) is 8. The third-order valence-electron chi connectivity index (χ3n) is 6.83. The maximum Gasteiger partial charge on any atom is 0.349 e. The highest BCUT2D eigenvalue weighted by molar-refractivity contribution is 6.04. The minimum atomic E-state index is -1.43. The Hall–Kier alpha value is -4.39. The average molecular weight is 562 g/mol. The van der Waals surface area contributed by atoms with Crippen LogP contribution < -0.4 is 32.7 Å². The first-order valence-electron chi connectivity index (χ1n) is 13.5. The van der Waals surface area contributed by atoms with E-state index in [0.717, 1.165) is 37.1 Å². The van der Waals surface area contributed by atoms with E-state index in [1.165, 1.54) is 35.8 Å². The molecule has 0 aliphatic carbocycles. The summed E-state index contributed by atoms with van der Waals surface area (Å²) in [6, 6.07) is 15.2. The second kappa shape index (κ2) is 13.3. The zero-order valence-corrected chi connectivity index (χ0v) is 22.9. The van der Waals surface area contributed by atoms with Crippen LogP contribution in [0.3, 0.4) is 0 Å². The number of benzene rings is 2. The van der Waals surface area contributed by atoms with E-state index < -0.39 is 29.6 Å². The first-order chi connectivity index (χ1) is 19.6. The van der Waals surface area contributed by atoms with Gasteiger partial charge in [0, 0.05) is 29.7 Å². The van der Waals surface area contributed by atoms with Crippen molar-refractivity contribution in [3.63, 3.8) is 0 Å². The van der Waals surface area contributed by atoms with Crippen molar-refractivity contribution < 1.29 is 19.5 Å². The van der Waals surface area contributed by atoms with Gasteiger partial charge in [0.05, 0.1) is 12.6 Å². The number of aromatic nitrogens is 2. The van der Waals surface area contributed by atoms with E-state index in [1.807, 2.05) is 24.3 Å². The van der Waals surface area contributed by atoms with Gasteiger partial charge in [0.1, 0.15) is 11.4 Å². The number of nitrogens with one attached hydrogen (secondary N) is 4. The predicted octanol–water partition coefficient (Wildman–Crippen LogP) is 1.47. The Labute approximate surface area is 237 Å². The van der Waals surface area contributed by atoms with E-state index in [0.29, 0.717) is 24.2 Å². The fourth-order valence-corrected chi connectivity index (χ4v) is 4.25. The molecule has 2 atom stereocenters. The minimum absolute atomic E-state index is 0.0138. The van der Waals surface area contributed by atoms with Gasteiger partial charge in [-0.1, -0.05) is 12.1 Å². The van der Waals surface area contributed by atoms with Crippen molar-refractivity contribution >= 4 is 34.9 Å². The SMILES string of the molecule is CC(N)(CO)C(=O)Nc1ccc(C(=O)Nc2ccn(CCCc3ccc(NC(=O)C4CCCN4)cc3)c(=O)n2)cc1. The summed E-state index contributed by atoms with van der Waals surface area (Å²) in [5, 5.41) is 20.5. The Morgan fingerprint density at radius 2 is 1.73 bits per heavy atom. The van der Waals surface area contributed by atoms with Gasteiger partial charge < -0.3 is 32.1 Å². The van der Waals surface area contributed by atoms with Gasteiger partial charge in [0.15, 0.2) is 0 Å². The fraction of sp³-hybridized carbons (Fsp3) is 0.345. The van der Waals surface area contributed by atoms with Crippen LogP contribution >= 0.6 is 0 Å². The van der Waals surface area contributed by atoms with Crippen LogP contribution in [0.1, 0.15) is 42.1 Å². The molecular formula is C29H35N7O5. The van der Waals surface area contributed by atoms with Crippen molar-refractivity contribution in [1.29, 1.82) is 0 Å². The summed E-state index contributed by atoms with van der Waals surface area (Å²) < 4.78 is 1.48. The molecule has 2 unspecified atom stereocenters. The molecular weight excluding hydrogens is 526 g/mol. The summed E-state index contributed by atoms with van der Waals surface area (Å²) >= 11 is 0. The number of anilines is 3. The zero-order chi connectivity index (χ0) is 29.4. The third-order valence-corrected chi connectivity index (χ3v) is 6.83. The maximum absolute atomic E-state index is 12.6. The monoisotopic (exact) mass is 561 g/mol. The molecule has 1 saturated heterocycles. The molecule has 2 heterocycles. The van der Waals surface area contributed by atoms with Gasteiger partial charge in [-0.15, -0.1) is 0 Å². The van der Waals surface area contributed by atoms with Gasteiger partial charge in [-0.25, -0.2) is 4.79 Å². The molecule has 216 valence electrons. The highest BCUT2D eigenvalue weighted by Crippen LogP contribution is 2.15. The van der Waals surface area contributed by atoms with Crippen LogP contribution in [-0.4, -0.2) is 57.1 Å². The van der Waals surface area contributed by atoms with Crippen LogP contribution in [0.15, 0.2) is 65.6 Å². The van der Waals surface area contributed by atoms with Crippen molar-refractivity contribution in [2.45, 2.75) is 50.7 Å². The number of nitrogens with zero attached hydrogens (tertiary/aromatic N) is 2. The molecule has 0 radical (unpaired) electrons. The third kappa shape index (κ3) is 8.07. The Kier molecular flexibility index (Phi) is 9.61. The molecule has 1 aliphatic rings. The lowest BCUT2D eigenvalue weighted by molar-refractivity contribution is -0.122. The molecule has 1 aliphatic heterocycles. The highest BCUT2D eigenvalue weighted by atomic mass is 16.3. The first-order valence-corrected chi connectivity index (χ1v) is 13.5. The van der Waals surface area contributed by atoms with Gasteiger partial charge in [-0.05, 0) is 87.2 Å². The highest BCUT2D eigenvalue weighted by Gasteiger charge is 2.27. The summed E-state index contributed by atoms with van der Waals surface area (Å²) in [5.41, 5.74) is 6.35. The van der Waals surface area contributed by atoms with Crippen LogP contribution in [0, 0.1) is 0 Å². The molecule has 12 heteroatoms. The van der Waals surface area contributed by atoms with E-state index in [9.17, 15) is 24.3 Å². The lowest BCUT2D eigenvalue weighted by atomic mass is 10.0. The molecule has 1 fully saturated rings. The van der Waals surface area contributed by atoms with Crippen molar-refractivity contribution in [1.82, 2.24) is 14.9 Å². The summed E-state index contributed by atoms with van der Waals surface area (Å²) in [4.78, 5) is 53.4. The number of nitrogens with two attached hydrogens (primary N) is 1. The van der Waals surface area contributed by atoms with Gasteiger partial charge in [-0.3, -0.25) is 19.0 Å². The number of carbonyl (C=O) groups excluding carboxylic acids is 3. The Morgan fingerprint density at radius 1 is 1.05 bits per heavy atom. The largest absolute Gasteiger partial charge is 0.394 e. The van der Waals surface area contributed by atoms with Crippen molar-refractivity contribution in [2.24, 2.45) is 5.73 Å². The van der Waals surface area contributed by atoms with Gasteiger partial charge in [0.2, 0.25) is 11.8 Å². The van der Waals surface area contributed by atoms with Crippen LogP contribution in [-0.2, 0) is 22.6 Å².